The Morgan fingerprint density at radius 3 is 1.10 bits per heavy atom. The number of benzene rings is 6. The number of hydrogen-bond donors (Lipinski definition) is 0. The number of aryl methyl sites for hydroxylation is 2. The predicted molar refractivity (Wildman–Crippen MR) is 208 cm³/mol. The van der Waals surface area contributed by atoms with Crippen LogP contribution in [0.3, 0.4) is 0 Å². The first-order chi connectivity index (χ1) is 23.1. The van der Waals surface area contributed by atoms with Crippen LogP contribution in [0.1, 0.15) is 11.1 Å². The second-order valence-corrected chi connectivity index (χ2v) is 13.0. The van der Waals surface area contributed by atoms with Crippen LogP contribution in [-0.4, -0.2) is 9.52 Å². The first kappa shape index (κ1) is 34.9. The van der Waals surface area contributed by atoms with Gasteiger partial charge in [0.1, 0.15) is 0 Å². The Bertz CT molecular complexity index is 2040. The number of hydrogen-bond acceptors (Lipinski definition) is 0. The average Bonchev–Trinajstić information content (AvgIpc) is 3.76. The van der Waals surface area contributed by atoms with Crippen molar-refractivity contribution in [3.05, 3.63) is 181 Å². The zero-order chi connectivity index (χ0) is 32.6. The fourth-order valence-corrected chi connectivity index (χ4v) is 6.28. The van der Waals surface area contributed by atoms with Gasteiger partial charge in [-0.25, -0.2) is 0 Å². The monoisotopic (exact) mass is 800 g/mol. The molecule has 0 aromatic heterocycles. The van der Waals surface area contributed by atoms with Gasteiger partial charge in [-0.05, 0) is 36.1 Å². The standard InChI is InChI=1S/2C22H17.C2H6Si.Hf/c2*1-16-8-5-6-12-20(16)21-13-7-11-18-14-19(15-22(18)21)17-9-3-2-4-10-17;1-3-2;/h2*2-15H,1H3;1-2H3;/q2*-1;;. The maximum atomic E-state index is 2.31. The minimum Gasteiger partial charge on any atom is -0.144 e. The van der Waals surface area contributed by atoms with Gasteiger partial charge in [0, 0.05) is 35.4 Å². The van der Waals surface area contributed by atoms with E-state index in [1.54, 1.807) is 0 Å². The van der Waals surface area contributed by atoms with Crippen molar-refractivity contribution in [3.63, 3.8) is 0 Å². The Morgan fingerprint density at radius 2 is 0.729 bits per heavy atom. The van der Waals surface area contributed by atoms with Crippen LogP contribution in [0.2, 0.25) is 13.1 Å². The summed E-state index contributed by atoms with van der Waals surface area (Å²) in [5.74, 6) is 0. The molecule has 0 spiro atoms. The molecule has 234 valence electrons. The minimum absolute atomic E-state index is 0. The topological polar surface area (TPSA) is 0 Å². The van der Waals surface area contributed by atoms with Crippen molar-refractivity contribution >= 4 is 31.1 Å². The summed E-state index contributed by atoms with van der Waals surface area (Å²) < 4.78 is 0. The van der Waals surface area contributed by atoms with Crippen LogP contribution >= 0.6 is 0 Å². The third-order valence-corrected chi connectivity index (χ3v) is 8.59. The maximum Gasteiger partial charge on any atom is 0.0307 e. The molecule has 8 aromatic carbocycles. The van der Waals surface area contributed by atoms with Crippen molar-refractivity contribution in [1.82, 2.24) is 0 Å². The molecule has 0 nitrogen and oxygen atoms in total. The zero-order valence-electron chi connectivity index (χ0n) is 28.2. The van der Waals surface area contributed by atoms with Crippen molar-refractivity contribution in [1.29, 1.82) is 0 Å². The van der Waals surface area contributed by atoms with E-state index >= 15 is 0 Å². The van der Waals surface area contributed by atoms with E-state index in [-0.39, 0.29) is 25.8 Å². The van der Waals surface area contributed by atoms with E-state index in [2.05, 4.69) is 197 Å². The molecular weight excluding hydrogens is 759 g/mol. The molecule has 0 bridgehead atoms. The van der Waals surface area contributed by atoms with Crippen molar-refractivity contribution in [2.24, 2.45) is 0 Å². The molecule has 0 heterocycles. The van der Waals surface area contributed by atoms with Crippen LogP contribution in [0.15, 0.2) is 170 Å². The van der Waals surface area contributed by atoms with E-state index in [4.69, 9.17) is 0 Å². The van der Waals surface area contributed by atoms with Gasteiger partial charge in [0.15, 0.2) is 0 Å². The molecule has 8 rings (SSSR count). The van der Waals surface area contributed by atoms with Gasteiger partial charge in [-0.3, -0.25) is 0 Å². The largest absolute Gasteiger partial charge is 0.144 e. The summed E-state index contributed by atoms with van der Waals surface area (Å²) in [7, 11) is 1.08. The number of rotatable bonds is 4. The van der Waals surface area contributed by atoms with Crippen LogP contribution in [0, 0.1) is 13.8 Å². The van der Waals surface area contributed by atoms with E-state index in [1.807, 2.05) is 0 Å². The minimum atomic E-state index is 0. The van der Waals surface area contributed by atoms with Gasteiger partial charge in [0.25, 0.3) is 0 Å². The van der Waals surface area contributed by atoms with Gasteiger partial charge in [0.05, 0.1) is 0 Å². The fraction of sp³-hybridized carbons (Fsp3) is 0.0870. The average molecular weight is 799 g/mol. The van der Waals surface area contributed by atoms with Gasteiger partial charge in [-0.2, -0.15) is 0 Å². The predicted octanol–water partition coefficient (Wildman–Crippen LogP) is 13.2. The second kappa shape index (κ2) is 16.6. The summed E-state index contributed by atoms with van der Waals surface area (Å²) in [6.45, 7) is 8.66. The first-order valence-corrected chi connectivity index (χ1v) is 18.3. The van der Waals surface area contributed by atoms with Crippen LogP contribution in [0.4, 0.5) is 0 Å². The van der Waals surface area contributed by atoms with Crippen LogP contribution < -0.4 is 0 Å². The third kappa shape index (κ3) is 7.84. The molecule has 0 unspecified atom stereocenters. The van der Waals surface area contributed by atoms with Gasteiger partial charge in [0.2, 0.25) is 0 Å². The van der Waals surface area contributed by atoms with E-state index in [9.17, 15) is 0 Å². The van der Waals surface area contributed by atoms with Crippen LogP contribution in [0.5, 0.6) is 0 Å². The molecule has 0 amide bonds. The Labute approximate surface area is 307 Å². The summed E-state index contributed by atoms with van der Waals surface area (Å²) in [4.78, 5) is 0. The van der Waals surface area contributed by atoms with Gasteiger partial charge >= 0.3 is 0 Å². The SMILES string of the molecule is C[Si]C.Cc1ccccc1-c1cccc2[cH-]c(-c3ccccc3)cc12.Cc1ccccc1-c1cccc2[cH-]c(-c3ccccc3)cc12.[Hf]. The smallest absolute Gasteiger partial charge is 0.0307 e. The normalized spacial score (nSPS) is 10.4. The fourth-order valence-electron chi connectivity index (χ4n) is 6.28. The zero-order valence-corrected chi connectivity index (χ0v) is 32.8. The Balaban J connectivity index is 0.000000171. The summed E-state index contributed by atoms with van der Waals surface area (Å²) in [5, 5.41) is 5.27. The Morgan fingerprint density at radius 1 is 0.396 bits per heavy atom. The molecule has 0 saturated carbocycles. The van der Waals surface area contributed by atoms with Crippen molar-refractivity contribution in [3.8, 4) is 44.5 Å². The summed E-state index contributed by atoms with van der Waals surface area (Å²) >= 11 is 0. The third-order valence-electron chi connectivity index (χ3n) is 8.59. The molecule has 0 saturated heterocycles. The first-order valence-electron chi connectivity index (χ1n) is 16.3. The summed E-state index contributed by atoms with van der Waals surface area (Å²) in [5.41, 5.74) is 13.0. The van der Waals surface area contributed by atoms with E-state index < -0.39 is 0 Å². The molecule has 48 heavy (non-hydrogen) atoms. The van der Waals surface area contributed by atoms with Gasteiger partial charge in [-0.1, -0.05) is 169 Å². The number of fused-ring (bicyclic) bond motifs is 2. The molecule has 0 aliphatic rings. The molecule has 0 aliphatic carbocycles. The van der Waals surface area contributed by atoms with E-state index in [0.717, 1.165) is 9.52 Å². The van der Waals surface area contributed by atoms with Gasteiger partial charge < -0.3 is 0 Å². The van der Waals surface area contributed by atoms with Crippen molar-refractivity contribution in [2.75, 3.05) is 0 Å². The van der Waals surface area contributed by atoms with Gasteiger partial charge in [-0.15, -0.1) is 69.1 Å². The van der Waals surface area contributed by atoms with Crippen LogP contribution in [0.25, 0.3) is 66.1 Å². The summed E-state index contributed by atoms with van der Waals surface area (Å²) in [6, 6.07) is 60.7. The second-order valence-electron chi connectivity index (χ2n) is 12.0. The van der Waals surface area contributed by atoms with E-state index in [1.165, 1.54) is 77.2 Å². The van der Waals surface area contributed by atoms with Crippen LogP contribution in [-0.2, 0) is 25.8 Å². The molecule has 2 heteroatoms. The van der Waals surface area contributed by atoms with Crippen molar-refractivity contribution in [2.45, 2.75) is 26.9 Å². The van der Waals surface area contributed by atoms with E-state index in [0.29, 0.717) is 0 Å². The maximum absolute atomic E-state index is 2.31. The molecule has 0 N–H and O–H groups in total. The molecule has 0 aliphatic heterocycles. The molecule has 2 radical (unpaired) electrons. The quantitative estimate of drug-likeness (QED) is 0.123. The summed E-state index contributed by atoms with van der Waals surface area (Å²) in [6.07, 6.45) is 0. The molecular formula is C46H40HfSi-2. The molecule has 0 atom stereocenters. The Kier molecular flexibility index (Phi) is 12.1. The molecule has 8 aromatic rings. The van der Waals surface area contributed by atoms with Crippen molar-refractivity contribution < 1.29 is 25.8 Å². The Hall–Kier alpha value is -4.37. The molecule has 0 fully saturated rings.